The van der Waals surface area contributed by atoms with Crippen LogP contribution in [0.4, 0.5) is 5.82 Å². The number of ether oxygens (including phenoxy) is 1. The van der Waals surface area contributed by atoms with Crippen LogP contribution in [0.1, 0.15) is 12.8 Å². The van der Waals surface area contributed by atoms with Gasteiger partial charge in [-0.05, 0) is 25.0 Å². The van der Waals surface area contributed by atoms with E-state index in [1.54, 1.807) is 13.2 Å². The normalized spacial score (nSPS) is 12.1. The van der Waals surface area contributed by atoms with Crippen LogP contribution in [0.2, 0.25) is 0 Å². The highest BCUT2D eigenvalue weighted by atomic mass is 16.5. The lowest BCUT2D eigenvalue weighted by atomic mass is 10.1. The number of carbonyl (C=O) groups is 1. The Balaban J connectivity index is 2.46. The lowest BCUT2D eigenvalue weighted by molar-refractivity contribution is -0.117. The summed E-state index contributed by atoms with van der Waals surface area (Å²) < 4.78 is 4.87. The molecule has 0 bridgehead atoms. The van der Waals surface area contributed by atoms with E-state index >= 15 is 0 Å². The average molecular weight is 239 g/mol. The highest BCUT2D eigenvalue weighted by Crippen LogP contribution is 2.18. The molecule has 17 heavy (non-hydrogen) atoms. The molecular weight excluding hydrogens is 222 g/mol. The number of methoxy groups -OCH3 is 1. The second-order valence-corrected chi connectivity index (χ2v) is 3.60. The van der Waals surface area contributed by atoms with Crippen molar-refractivity contribution in [3.05, 3.63) is 18.3 Å². The minimum Gasteiger partial charge on any atom is -0.504 e. The van der Waals surface area contributed by atoms with Crippen LogP contribution in [0.3, 0.4) is 0 Å². The minimum absolute atomic E-state index is 0.0788. The van der Waals surface area contributed by atoms with Crippen LogP contribution in [0.25, 0.3) is 0 Å². The summed E-state index contributed by atoms with van der Waals surface area (Å²) in [6, 6.07) is 2.38. The summed E-state index contributed by atoms with van der Waals surface area (Å²) in [5, 5.41) is 11.9. The Morgan fingerprint density at radius 3 is 3.12 bits per heavy atom. The van der Waals surface area contributed by atoms with Crippen molar-refractivity contribution in [1.82, 2.24) is 4.98 Å². The van der Waals surface area contributed by atoms with Gasteiger partial charge >= 0.3 is 0 Å². The third-order valence-electron chi connectivity index (χ3n) is 2.23. The molecule has 0 aliphatic heterocycles. The monoisotopic (exact) mass is 239 g/mol. The van der Waals surface area contributed by atoms with Crippen molar-refractivity contribution in [2.24, 2.45) is 5.73 Å². The van der Waals surface area contributed by atoms with Crippen molar-refractivity contribution in [1.29, 1.82) is 0 Å². The van der Waals surface area contributed by atoms with E-state index < -0.39 is 6.04 Å². The summed E-state index contributed by atoms with van der Waals surface area (Å²) in [4.78, 5) is 15.5. The van der Waals surface area contributed by atoms with Gasteiger partial charge in [-0.15, -0.1) is 0 Å². The van der Waals surface area contributed by atoms with E-state index in [4.69, 9.17) is 10.5 Å². The number of aromatic nitrogens is 1. The first-order valence-electron chi connectivity index (χ1n) is 5.34. The molecule has 0 saturated carbocycles. The van der Waals surface area contributed by atoms with Crippen LogP contribution in [0.5, 0.6) is 5.75 Å². The molecule has 94 valence electrons. The van der Waals surface area contributed by atoms with E-state index in [1.165, 1.54) is 12.3 Å². The Morgan fingerprint density at radius 2 is 2.47 bits per heavy atom. The molecule has 0 spiro atoms. The molecule has 0 aliphatic carbocycles. The number of nitrogens with zero attached hydrogens (tertiary/aromatic N) is 1. The maximum Gasteiger partial charge on any atom is 0.242 e. The number of pyridine rings is 1. The number of rotatable bonds is 6. The number of anilines is 1. The number of hydrogen-bond donors (Lipinski definition) is 3. The standard InChI is InChI=1S/C11H17N3O3/c1-17-7-3-4-8(12)11(16)14-10-9(15)5-2-6-13-10/h2,5-6,8,15H,3-4,7,12H2,1H3,(H,13,14,16). The molecule has 1 rings (SSSR count). The largest absolute Gasteiger partial charge is 0.504 e. The topological polar surface area (TPSA) is 97.5 Å². The molecule has 6 heteroatoms. The number of nitrogens with one attached hydrogen (secondary N) is 1. The van der Waals surface area contributed by atoms with Crippen molar-refractivity contribution >= 4 is 11.7 Å². The van der Waals surface area contributed by atoms with Gasteiger partial charge in [0.15, 0.2) is 11.6 Å². The zero-order chi connectivity index (χ0) is 12.7. The molecule has 1 unspecified atom stereocenters. The first-order valence-corrected chi connectivity index (χ1v) is 5.34. The molecule has 1 atom stereocenters. The Kier molecular flexibility index (Phi) is 5.38. The van der Waals surface area contributed by atoms with Gasteiger partial charge in [-0.3, -0.25) is 4.79 Å². The average Bonchev–Trinajstić information content (AvgIpc) is 2.32. The predicted molar refractivity (Wildman–Crippen MR) is 63.6 cm³/mol. The van der Waals surface area contributed by atoms with Crippen molar-refractivity contribution in [2.75, 3.05) is 19.0 Å². The quantitative estimate of drug-likeness (QED) is 0.627. The molecule has 1 heterocycles. The van der Waals surface area contributed by atoms with E-state index in [1.807, 2.05) is 0 Å². The number of carbonyl (C=O) groups excluding carboxylic acids is 1. The van der Waals surface area contributed by atoms with Crippen molar-refractivity contribution in [3.8, 4) is 5.75 Å². The summed E-state index contributed by atoms with van der Waals surface area (Å²) >= 11 is 0. The van der Waals surface area contributed by atoms with Gasteiger partial charge in [-0.1, -0.05) is 0 Å². The summed E-state index contributed by atoms with van der Waals surface area (Å²) in [6.07, 6.45) is 2.71. The van der Waals surface area contributed by atoms with E-state index in [9.17, 15) is 9.90 Å². The SMILES string of the molecule is COCCCC(N)C(=O)Nc1ncccc1O. The van der Waals surface area contributed by atoms with Crippen LogP contribution >= 0.6 is 0 Å². The summed E-state index contributed by atoms with van der Waals surface area (Å²) in [6.45, 7) is 0.565. The summed E-state index contributed by atoms with van der Waals surface area (Å²) in [7, 11) is 1.59. The minimum atomic E-state index is -0.633. The van der Waals surface area contributed by atoms with E-state index in [2.05, 4.69) is 10.3 Å². The number of hydrogen-bond acceptors (Lipinski definition) is 5. The molecule has 1 aromatic rings. The van der Waals surface area contributed by atoms with Crippen molar-refractivity contribution in [3.63, 3.8) is 0 Å². The summed E-state index contributed by atoms with van der Waals surface area (Å²) in [5.74, 6) is -0.320. The molecule has 0 aromatic carbocycles. The third kappa shape index (κ3) is 4.38. The Morgan fingerprint density at radius 1 is 1.71 bits per heavy atom. The van der Waals surface area contributed by atoms with Gasteiger partial charge in [0, 0.05) is 19.9 Å². The highest BCUT2D eigenvalue weighted by molar-refractivity contribution is 5.94. The van der Waals surface area contributed by atoms with Crippen molar-refractivity contribution < 1.29 is 14.6 Å². The molecule has 4 N–H and O–H groups in total. The molecule has 6 nitrogen and oxygen atoms in total. The molecule has 0 aliphatic rings. The highest BCUT2D eigenvalue weighted by Gasteiger charge is 2.15. The van der Waals surface area contributed by atoms with Gasteiger partial charge in [0.2, 0.25) is 5.91 Å². The maximum atomic E-state index is 11.6. The third-order valence-corrected chi connectivity index (χ3v) is 2.23. The van der Waals surface area contributed by atoms with Gasteiger partial charge in [0.25, 0.3) is 0 Å². The van der Waals surface area contributed by atoms with Gasteiger partial charge in [-0.25, -0.2) is 4.98 Å². The van der Waals surface area contributed by atoms with Gasteiger partial charge < -0.3 is 20.9 Å². The van der Waals surface area contributed by atoms with Crippen LogP contribution in [0.15, 0.2) is 18.3 Å². The summed E-state index contributed by atoms with van der Waals surface area (Å²) in [5.41, 5.74) is 5.68. The van der Waals surface area contributed by atoms with Gasteiger partial charge in [0.1, 0.15) is 0 Å². The maximum absolute atomic E-state index is 11.6. The molecule has 0 fully saturated rings. The first-order chi connectivity index (χ1) is 8.15. The molecule has 1 amide bonds. The van der Waals surface area contributed by atoms with Crippen LogP contribution in [-0.4, -0.2) is 35.8 Å². The van der Waals surface area contributed by atoms with Crippen LogP contribution < -0.4 is 11.1 Å². The zero-order valence-electron chi connectivity index (χ0n) is 9.72. The second-order valence-electron chi connectivity index (χ2n) is 3.60. The lowest BCUT2D eigenvalue weighted by Crippen LogP contribution is -2.36. The second kappa shape index (κ2) is 6.82. The fourth-order valence-electron chi connectivity index (χ4n) is 1.28. The Labute approximate surface area is 99.8 Å². The fraction of sp³-hybridized carbons (Fsp3) is 0.455. The Bertz CT molecular complexity index is 371. The van der Waals surface area contributed by atoms with E-state index in [0.717, 1.165) is 0 Å². The number of amides is 1. The Hall–Kier alpha value is -1.66. The van der Waals surface area contributed by atoms with Crippen LogP contribution in [-0.2, 0) is 9.53 Å². The van der Waals surface area contributed by atoms with Gasteiger partial charge in [-0.2, -0.15) is 0 Å². The van der Waals surface area contributed by atoms with E-state index in [-0.39, 0.29) is 17.5 Å². The smallest absolute Gasteiger partial charge is 0.242 e. The predicted octanol–water partition coefficient (Wildman–Crippen LogP) is 0.480. The number of aromatic hydroxyl groups is 1. The number of nitrogens with two attached hydrogens (primary N) is 1. The molecular formula is C11H17N3O3. The molecule has 0 radical (unpaired) electrons. The fourth-order valence-corrected chi connectivity index (χ4v) is 1.28. The van der Waals surface area contributed by atoms with Crippen LogP contribution in [0, 0.1) is 0 Å². The van der Waals surface area contributed by atoms with Gasteiger partial charge in [0.05, 0.1) is 6.04 Å². The first kappa shape index (κ1) is 13.4. The van der Waals surface area contributed by atoms with E-state index in [0.29, 0.717) is 19.4 Å². The van der Waals surface area contributed by atoms with Crippen molar-refractivity contribution in [2.45, 2.75) is 18.9 Å². The molecule has 1 aromatic heterocycles. The zero-order valence-corrected chi connectivity index (χ0v) is 9.72. The molecule has 0 saturated heterocycles. The lowest BCUT2D eigenvalue weighted by Gasteiger charge is -2.11.